The minimum atomic E-state index is -0.657. The number of rotatable bonds is 4. The van der Waals surface area contributed by atoms with Gasteiger partial charge in [-0.3, -0.25) is 14.3 Å². The Morgan fingerprint density at radius 1 is 1.17 bits per heavy atom. The SMILES string of the molecule is [C-]#[N+]c1ccc(-c2nc(N3CCC4(CCNC4)CC3)c(Cl)c(=O)n2-c2ccc(C3CC3)nc2)cc1F. The first-order chi connectivity index (χ1) is 17.5. The monoisotopic (exact) mass is 504 g/mol. The Labute approximate surface area is 213 Å². The van der Waals surface area contributed by atoms with Crippen molar-refractivity contribution in [3.8, 4) is 17.1 Å². The average molecular weight is 505 g/mol. The van der Waals surface area contributed by atoms with Crippen LogP contribution >= 0.6 is 11.6 Å². The van der Waals surface area contributed by atoms with Gasteiger partial charge in [0.05, 0.1) is 18.5 Å². The summed E-state index contributed by atoms with van der Waals surface area (Å²) in [5, 5.41) is 3.51. The molecular weight excluding hydrogens is 479 g/mol. The zero-order valence-electron chi connectivity index (χ0n) is 19.8. The highest BCUT2D eigenvalue weighted by Crippen LogP contribution is 2.40. The molecule has 36 heavy (non-hydrogen) atoms. The number of aromatic nitrogens is 3. The maximum absolute atomic E-state index is 14.6. The zero-order chi connectivity index (χ0) is 24.9. The van der Waals surface area contributed by atoms with Crippen molar-refractivity contribution in [2.24, 2.45) is 5.41 Å². The number of benzene rings is 1. The Morgan fingerprint density at radius 2 is 1.97 bits per heavy atom. The highest BCUT2D eigenvalue weighted by Gasteiger charge is 2.38. The van der Waals surface area contributed by atoms with E-state index in [4.69, 9.17) is 23.2 Å². The average Bonchev–Trinajstić information content (AvgIpc) is 3.66. The molecule has 7 nitrogen and oxygen atoms in total. The molecule has 1 spiro atoms. The van der Waals surface area contributed by atoms with Crippen LogP contribution in [0, 0.1) is 17.8 Å². The summed E-state index contributed by atoms with van der Waals surface area (Å²) < 4.78 is 16.0. The molecule has 6 rings (SSSR count). The third-order valence-electron chi connectivity index (χ3n) is 7.82. The Bertz CT molecular complexity index is 1410. The van der Waals surface area contributed by atoms with Crippen molar-refractivity contribution in [1.82, 2.24) is 19.9 Å². The fraction of sp³-hybridized carbons (Fsp3) is 0.407. The summed E-state index contributed by atoms with van der Waals surface area (Å²) in [6.07, 6.45) is 7.05. The minimum Gasteiger partial charge on any atom is -0.355 e. The largest absolute Gasteiger partial charge is 0.355 e. The summed E-state index contributed by atoms with van der Waals surface area (Å²) in [5.74, 6) is 0.521. The third-order valence-corrected chi connectivity index (χ3v) is 8.15. The van der Waals surface area contributed by atoms with Gasteiger partial charge in [0, 0.05) is 36.8 Å². The van der Waals surface area contributed by atoms with Gasteiger partial charge in [-0.05, 0) is 62.3 Å². The van der Waals surface area contributed by atoms with Gasteiger partial charge in [0.25, 0.3) is 5.56 Å². The summed E-state index contributed by atoms with van der Waals surface area (Å²) >= 11 is 6.68. The van der Waals surface area contributed by atoms with Gasteiger partial charge >= 0.3 is 0 Å². The number of nitrogens with one attached hydrogen (secondary N) is 1. The number of piperidine rings is 1. The van der Waals surface area contributed by atoms with Crippen molar-refractivity contribution in [2.75, 3.05) is 31.1 Å². The molecule has 1 N–H and O–H groups in total. The number of pyridine rings is 1. The first kappa shape index (κ1) is 23.1. The van der Waals surface area contributed by atoms with Crippen LogP contribution in [0.25, 0.3) is 21.9 Å². The molecule has 3 aromatic rings. The molecule has 4 heterocycles. The first-order valence-electron chi connectivity index (χ1n) is 12.4. The third kappa shape index (κ3) is 4.06. The molecule has 1 aromatic carbocycles. The number of hydrogen-bond donors (Lipinski definition) is 1. The summed E-state index contributed by atoms with van der Waals surface area (Å²) in [6.45, 7) is 10.7. The molecule has 0 amide bonds. The fourth-order valence-corrected chi connectivity index (χ4v) is 5.68. The van der Waals surface area contributed by atoms with Crippen LogP contribution < -0.4 is 15.8 Å². The molecular formula is C27H26ClFN6O. The molecule has 9 heteroatoms. The molecule has 3 fully saturated rings. The maximum atomic E-state index is 14.6. The van der Waals surface area contributed by atoms with E-state index in [1.54, 1.807) is 12.3 Å². The lowest BCUT2D eigenvalue weighted by molar-refractivity contribution is 0.247. The van der Waals surface area contributed by atoms with Crippen LogP contribution in [-0.2, 0) is 0 Å². The van der Waals surface area contributed by atoms with Gasteiger partial charge in [0.2, 0.25) is 5.69 Å². The number of hydrogen-bond acceptors (Lipinski definition) is 5. The van der Waals surface area contributed by atoms with E-state index in [0.717, 1.165) is 64.0 Å². The topological polar surface area (TPSA) is 67.4 Å². The molecule has 2 aliphatic heterocycles. The molecule has 1 saturated carbocycles. The molecule has 0 radical (unpaired) electrons. The van der Waals surface area contributed by atoms with E-state index in [9.17, 15) is 9.18 Å². The number of anilines is 1. The Kier molecular flexibility index (Phi) is 5.78. The molecule has 0 atom stereocenters. The molecule has 184 valence electrons. The van der Waals surface area contributed by atoms with Crippen molar-refractivity contribution in [2.45, 2.75) is 38.0 Å². The lowest BCUT2D eigenvalue weighted by atomic mass is 9.78. The van der Waals surface area contributed by atoms with Crippen LogP contribution in [0.2, 0.25) is 5.02 Å². The fourth-order valence-electron chi connectivity index (χ4n) is 5.43. The Morgan fingerprint density at radius 3 is 2.58 bits per heavy atom. The predicted octanol–water partition coefficient (Wildman–Crippen LogP) is 5.10. The van der Waals surface area contributed by atoms with Gasteiger partial charge in [-0.2, -0.15) is 0 Å². The second kappa shape index (κ2) is 8.99. The normalized spacial score (nSPS) is 19.0. The van der Waals surface area contributed by atoms with Gasteiger partial charge in [0.1, 0.15) is 16.7 Å². The van der Waals surface area contributed by atoms with Crippen molar-refractivity contribution in [1.29, 1.82) is 0 Å². The van der Waals surface area contributed by atoms with Gasteiger partial charge in [-0.15, -0.1) is 0 Å². The van der Waals surface area contributed by atoms with Crippen LogP contribution in [0.1, 0.15) is 43.7 Å². The molecule has 2 aromatic heterocycles. The minimum absolute atomic E-state index is 0.0452. The van der Waals surface area contributed by atoms with Gasteiger partial charge < -0.3 is 10.2 Å². The lowest BCUT2D eigenvalue weighted by Crippen LogP contribution is -2.42. The second-order valence-electron chi connectivity index (χ2n) is 10.1. The Hall–Kier alpha value is -3.28. The summed E-state index contributed by atoms with van der Waals surface area (Å²) in [7, 11) is 0. The van der Waals surface area contributed by atoms with Crippen LogP contribution in [0.3, 0.4) is 0 Å². The summed E-state index contributed by atoms with van der Waals surface area (Å²) in [5.41, 5.74) is 1.72. The first-order valence-corrected chi connectivity index (χ1v) is 12.8. The predicted molar refractivity (Wildman–Crippen MR) is 138 cm³/mol. The Balaban J connectivity index is 1.45. The van der Waals surface area contributed by atoms with Crippen molar-refractivity contribution in [3.63, 3.8) is 0 Å². The zero-order valence-corrected chi connectivity index (χ0v) is 20.6. The van der Waals surface area contributed by atoms with Gasteiger partial charge in [-0.25, -0.2) is 14.2 Å². The van der Waals surface area contributed by atoms with E-state index < -0.39 is 11.4 Å². The van der Waals surface area contributed by atoms with Crippen LogP contribution in [-0.4, -0.2) is 40.7 Å². The van der Waals surface area contributed by atoms with Gasteiger partial charge in [-0.1, -0.05) is 23.7 Å². The van der Waals surface area contributed by atoms with E-state index in [0.29, 0.717) is 28.4 Å². The van der Waals surface area contributed by atoms with E-state index in [1.165, 1.54) is 16.7 Å². The van der Waals surface area contributed by atoms with Crippen LogP contribution in [0.4, 0.5) is 15.9 Å². The molecule has 0 unspecified atom stereocenters. The van der Waals surface area contributed by atoms with Crippen molar-refractivity contribution >= 4 is 23.1 Å². The lowest BCUT2D eigenvalue weighted by Gasteiger charge is -2.39. The summed E-state index contributed by atoms with van der Waals surface area (Å²) in [6, 6.07) is 8.05. The van der Waals surface area contributed by atoms with E-state index in [-0.39, 0.29) is 16.5 Å². The van der Waals surface area contributed by atoms with Crippen molar-refractivity contribution in [3.05, 3.63) is 74.8 Å². The van der Waals surface area contributed by atoms with Crippen LogP contribution in [0.15, 0.2) is 41.3 Å². The molecule has 2 saturated heterocycles. The van der Waals surface area contributed by atoms with Gasteiger partial charge in [0.15, 0.2) is 5.82 Å². The van der Waals surface area contributed by atoms with E-state index in [2.05, 4.69) is 20.0 Å². The molecule has 3 aliphatic rings. The smallest absolute Gasteiger partial charge is 0.279 e. The highest BCUT2D eigenvalue weighted by atomic mass is 35.5. The second-order valence-corrected chi connectivity index (χ2v) is 10.5. The maximum Gasteiger partial charge on any atom is 0.279 e. The summed E-state index contributed by atoms with van der Waals surface area (Å²) in [4.78, 5) is 28.4. The number of nitrogens with zero attached hydrogens (tertiary/aromatic N) is 5. The molecule has 0 bridgehead atoms. The van der Waals surface area contributed by atoms with E-state index >= 15 is 0 Å². The highest BCUT2D eigenvalue weighted by molar-refractivity contribution is 6.32. The standard InChI is InChI=1S/C27H26ClFN6O/c1-30-22-6-4-18(14-20(22)29)24-33-25(34-12-9-27(10-13-34)8-11-31-16-27)23(28)26(36)35(24)19-5-7-21(32-15-19)17-2-3-17/h4-7,14-15,17,31H,2-3,8-13,16H2. The van der Waals surface area contributed by atoms with E-state index in [1.807, 2.05) is 12.1 Å². The van der Waals surface area contributed by atoms with Crippen molar-refractivity contribution < 1.29 is 4.39 Å². The van der Waals surface area contributed by atoms with Crippen LogP contribution in [0.5, 0.6) is 0 Å². The quantitative estimate of drug-likeness (QED) is 0.501. The molecule has 1 aliphatic carbocycles. The number of halogens is 2.